The highest BCUT2D eigenvalue weighted by molar-refractivity contribution is 6.01. The van der Waals surface area contributed by atoms with Crippen molar-refractivity contribution in [1.82, 2.24) is 9.47 Å². The van der Waals surface area contributed by atoms with Gasteiger partial charge in [0.2, 0.25) is 5.91 Å². The third-order valence-electron chi connectivity index (χ3n) is 5.33. The van der Waals surface area contributed by atoms with E-state index in [9.17, 15) is 9.59 Å². The lowest BCUT2D eigenvalue weighted by molar-refractivity contribution is 0.0747. The Labute approximate surface area is 170 Å². The van der Waals surface area contributed by atoms with Gasteiger partial charge in [-0.05, 0) is 23.8 Å². The standard InChI is InChI=1S/C23H24N4O2/c1-25-15-20(17-6-3-2-4-7-17)21(16-25)23(29)27-12-10-26(11-13-27)19-9-5-8-18(14-19)22(24)28/h2-9,14-16H,10-13H2,1H3,(H2,24,28). The van der Waals surface area contributed by atoms with Crippen LogP contribution in [0.2, 0.25) is 0 Å². The Balaban J connectivity index is 1.49. The number of hydrogen-bond donors (Lipinski definition) is 1. The lowest BCUT2D eigenvalue weighted by Gasteiger charge is -2.36. The van der Waals surface area contributed by atoms with Gasteiger partial charge in [0.1, 0.15) is 0 Å². The number of carbonyl (C=O) groups excluding carboxylic acids is 2. The first-order valence-corrected chi connectivity index (χ1v) is 9.68. The average Bonchev–Trinajstić information content (AvgIpc) is 3.16. The van der Waals surface area contributed by atoms with Crippen molar-refractivity contribution >= 4 is 17.5 Å². The monoisotopic (exact) mass is 388 g/mol. The largest absolute Gasteiger partial charge is 0.368 e. The number of piperazine rings is 1. The molecule has 6 heteroatoms. The van der Waals surface area contributed by atoms with Gasteiger partial charge in [0, 0.05) is 62.4 Å². The number of aryl methyl sites for hydroxylation is 1. The molecule has 0 unspecified atom stereocenters. The summed E-state index contributed by atoms with van der Waals surface area (Å²) in [5, 5.41) is 0. The van der Waals surface area contributed by atoms with E-state index in [2.05, 4.69) is 4.90 Å². The summed E-state index contributed by atoms with van der Waals surface area (Å²) in [4.78, 5) is 28.7. The van der Waals surface area contributed by atoms with Crippen LogP contribution in [0.3, 0.4) is 0 Å². The van der Waals surface area contributed by atoms with Crippen molar-refractivity contribution < 1.29 is 9.59 Å². The molecular formula is C23H24N4O2. The minimum Gasteiger partial charge on any atom is -0.368 e. The summed E-state index contributed by atoms with van der Waals surface area (Å²) in [7, 11) is 1.94. The van der Waals surface area contributed by atoms with Crippen molar-refractivity contribution in [3.8, 4) is 11.1 Å². The Kier molecular flexibility index (Phi) is 5.08. The van der Waals surface area contributed by atoms with Crippen LogP contribution >= 0.6 is 0 Å². The molecule has 6 nitrogen and oxygen atoms in total. The van der Waals surface area contributed by atoms with E-state index in [1.54, 1.807) is 6.07 Å². The number of hydrogen-bond acceptors (Lipinski definition) is 3. The van der Waals surface area contributed by atoms with Crippen molar-refractivity contribution in [1.29, 1.82) is 0 Å². The third kappa shape index (κ3) is 3.87. The first-order valence-electron chi connectivity index (χ1n) is 9.68. The number of primary amides is 1. The van der Waals surface area contributed by atoms with Crippen LogP contribution in [-0.4, -0.2) is 47.5 Å². The summed E-state index contributed by atoms with van der Waals surface area (Å²) in [6, 6.07) is 17.3. The molecule has 0 radical (unpaired) electrons. The molecule has 4 rings (SSSR count). The minimum atomic E-state index is -0.432. The number of aromatic nitrogens is 1. The molecule has 0 bridgehead atoms. The number of carbonyl (C=O) groups is 2. The fourth-order valence-electron chi connectivity index (χ4n) is 3.80. The quantitative estimate of drug-likeness (QED) is 0.747. The fraction of sp³-hybridized carbons (Fsp3) is 0.217. The lowest BCUT2D eigenvalue weighted by atomic mass is 10.0. The Morgan fingerprint density at radius 1 is 0.897 bits per heavy atom. The van der Waals surface area contributed by atoms with Crippen LogP contribution in [0.5, 0.6) is 0 Å². The second-order valence-electron chi connectivity index (χ2n) is 7.31. The average molecular weight is 388 g/mol. The van der Waals surface area contributed by atoms with E-state index in [1.807, 2.05) is 77.4 Å². The van der Waals surface area contributed by atoms with Gasteiger partial charge >= 0.3 is 0 Å². The van der Waals surface area contributed by atoms with E-state index >= 15 is 0 Å². The van der Waals surface area contributed by atoms with Crippen molar-refractivity contribution in [2.75, 3.05) is 31.1 Å². The van der Waals surface area contributed by atoms with Crippen LogP contribution in [0.15, 0.2) is 67.0 Å². The second kappa shape index (κ2) is 7.83. The highest BCUT2D eigenvalue weighted by Crippen LogP contribution is 2.26. The number of amides is 2. The van der Waals surface area contributed by atoms with E-state index in [1.165, 1.54) is 0 Å². The predicted octanol–water partition coefficient (Wildman–Crippen LogP) is 2.75. The van der Waals surface area contributed by atoms with Crippen LogP contribution in [0, 0.1) is 0 Å². The summed E-state index contributed by atoms with van der Waals surface area (Å²) < 4.78 is 1.93. The Morgan fingerprint density at radius 3 is 2.31 bits per heavy atom. The molecule has 1 aromatic heterocycles. The Bertz CT molecular complexity index is 1030. The molecule has 1 aliphatic rings. The fourth-order valence-corrected chi connectivity index (χ4v) is 3.80. The van der Waals surface area contributed by atoms with Crippen LogP contribution in [0.4, 0.5) is 5.69 Å². The molecule has 0 aliphatic carbocycles. The first kappa shape index (κ1) is 18.8. The first-order chi connectivity index (χ1) is 14.0. The maximum Gasteiger partial charge on any atom is 0.256 e. The smallest absolute Gasteiger partial charge is 0.256 e. The highest BCUT2D eigenvalue weighted by Gasteiger charge is 2.25. The summed E-state index contributed by atoms with van der Waals surface area (Å²) >= 11 is 0. The van der Waals surface area contributed by atoms with E-state index in [0.717, 1.165) is 22.4 Å². The SMILES string of the molecule is Cn1cc(C(=O)N2CCN(c3cccc(C(N)=O)c3)CC2)c(-c2ccccc2)c1. The zero-order valence-corrected chi connectivity index (χ0v) is 16.4. The molecule has 148 valence electrons. The molecule has 1 fully saturated rings. The van der Waals surface area contributed by atoms with Crippen molar-refractivity contribution in [2.24, 2.45) is 12.8 Å². The summed E-state index contributed by atoms with van der Waals surface area (Å²) in [5.41, 5.74) is 9.56. The van der Waals surface area contributed by atoms with E-state index in [4.69, 9.17) is 5.73 Å². The molecule has 2 aromatic carbocycles. The Hall–Kier alpha value is -3.54. The molecule has 2 N–H and O–H groups in total. The molecule has 2 amide bonds. The third-order valence-corrected chi connectivity index (χ3v) is 5.33. The second-order valence-corrected chi connectivity index (χ2v) is 7.31. The van der Waals surface area contributed by atoms with Crippen LogP contribution in [0.1, 0.15) is 20.7 Å². The van der Waals surface area contributed by atoms with Crippen LogP contribution in [-0.2, 0) is 7.05 Å². The minimum absolute atomic E-state index is 0.0509. The number of anilines is 1. The number of nitrogens with zero attached hydrogens (tertiary/aromatic N) is 3. The summed E-state index contributed by atoms with van der Waals surface area (Å²) in [6.07, 6.45) is 3.89. The molecule has 3 aromatic rings. The zero-order chi connectivity index (χ0) is 20.4. The van der Waals surface area contributed by atoms with Gasteiger partial charge in [-0.25, -0.2) is 0 Å². The lowest BCUT2D eigenvalue weighted by Crippen LogP contribution is -2.48. The highest BCUT2D eigenvalue weighted by atomic mass is 16.2. The summed E-state index contributed by atoms with van der Waals surface area (Å²) in [5.74, 6) is -0.381. The molecular weight excluding hydrogens is 364 g/mol. The molecule has 29 heavy (non-hydrogen) atoms. The number of benzene rings is 2. The normalized spacial score (nSPS) is 14.1. The van der Waals surface area contributed by atoms with Crippen molar-refractivity contribution in [2.45, 2.75) is 0 Å². The molecule has 2 heterocycles. The Morgan fingerprint density at radius 2 is 1.62 bits per heavy atom. The zero-order valence-electron chi connectivity index (χ0n) is 16.4. The van der Waals surface area contributed by atoms with Crippen molar-refractivity contribution in [3.05, 3.63) is 78.1 Å². The van der Waals surface area contributed by atoms with Gasteiger partial charge in [-0.2, -0.15) is 0 Å². The van der Waals surface area contributed by atoms with Crippen molar-refractivity contribution in [3.63, 3.8) is 0 Å². The van der Waals surface area contributed by atoms with Gasteiger partial charge in [0.25, 0.3) is 5.91 Å². The molecule has 0 spiro atoms. The topological polar surface area (TPSA) is 71.6 Å². The van der Waals surface area contributed by atoms with Gasteiger partial charge in [-0.3, -0.25) is 9.59 Å². The van der Waals surface area contributed by atoms with Gasteiger partial charge < -0.3 is 20.1 Å². The van der Waals surface area contributed by atoms with Gasteiger partial charge in [-0.1, -0.05) is 36.4 Å². The maximum atomic E-state index is 13.2. The van der Waals surface area contributed by atoms with Crippen LogP contribution in [0.25, 0.3) is 11.1 Å². The van der Waals surface area contributed by atoms with E-state index < -0.39 is 5.91 Å². The van der Waals surface area contributed by atoms with Gasteiger partial charge in [0.05, 0.1) is 5.56 Å². The molecule has 0 saturated carbocycles. The van der Waals surface area contributed by atoms with Gasteiger partial charge in [-0.15, -0.1) is 0 Å². The summed E-state index contributed by atoms with van der Waals surface area (Å²) in [6.45, 7) is 2.68. The van der Waals surface area contributed by atoms with E-state index in [0.29, 0.717) is 31.7 Å². The maximum absolute atomic E-state index is 13.2. The predicted molar refractivity (Wildman–Crippen MR) is 114 cm³/mol. The number of nitrogens with two attached hydrogens (primary N) is 1. The molecule has 0 atom stereocenters. The van der Waals surface area contributed by atoms with Crippen LogP contribution < -0.4 is 10.6 Å². The molecule has 1 aliphatic heterocycles. The number of rotatable bonds is 4. The molecule has 1 saturated heterocycles. The van der Waals surface area contributed by atoms with Gasteiger partial charge in [0.15, 0.2) is 0 Å². The van der Waals surface area contributed by atoms with E-state index in [-0.39, 0.29) is 5.91 Å².